The van der Waals surface area contributed by atoms with Crippen molar-refractivity contribution in [3.8, 4) is 0 Å². The fourth-order valence-electron chi connectivity index (χ4n) is 1.83. The van der Waals surface area contributed by atoms with Crippen molar-refractivity contribution in [3.05, 3.63) is 24.3 Å². The summed E-state index contributed by atoms with van der Waals surface area (Å²) in [7, 11) is 0. The van der Waals surface area contributed by atoms with Gasteiger partial charge < -0.3 is 5.32 Å². The number of amides is 1. The summed E-state index contributed by atoms with van der Waals surface area (Å²) < 4.78 is 38.9. The lowest BCUT2D eigenvalue weighted by molar-refractivity contribution is -0.136. The second kappa shape index (κ2) is 5.76. The summed E-state index contributed by atoms with van der Waals surface area (Å²) in [5, 5.41) is 10.3. The van der Waals surface area contributed by atoms with Crippen LogP contribution in [-0.4, -0.2) is 39.0 Å². The van der Waals surface area contributed by atoms with E-state index in [1.807, 2.05) is 29.6 Å². The highest BCUT2D eigenvalue weighted by molar-refractivity contribution is 7.99. The Morgan fingerprint density at radius 1 is 1.32 bits per heavy atom. The van der Waals surface area contributed by atoms with E-state index in [4.69, 9.17) is 0 Å². The van der Waals surface area contributed by atoms with E-state index in [1.54, 1.807) is 4.40 Å². The van der Waals surface area contributed by atoms with Crippen LogP contribution in [0.2, 0.25) is 0 Å². The number of thioether (sulfide) groups is 1. The Hall–Kier alpha value is -1.81. The first-order valence-electron chi connectivity index (χ1n) is 6.13. The maximum Gasteiger partial charge on any atom is 0.405 e. The molecular weight excluding hydrogens is 337 g/mol. The maximum atomic E-state index is 12.0. The van der Waals surface area contributed by atoms with Gasteiger partial charge in [-0.1, -0.05) is 35.2 Å². The normalized spacial score (nSPS) is 12.1. The van der Waals surface area contributed by atoms with E-state index in [9.17, 15) is 18.0 Å². The van der Waals surface area contributed by atoms with Gasteiger partial charge in [0.15, 0.2) is 5.16 Å². The van der Waals surface area contributed by atoms with Gasteiger partial charge in [-0.3, -0.25) is 9.20 Å². The third-order valence-corrected chi connectivity index (χ3v) is 4.67. The number of alkyl halides is 3. The SMILES string of the molecule is O=C(CSc1nnc2sc3ccccc3n12)NCC(F)(F)F. The molecule has 5 nitrogen and oxygen atoms in total. The molecule has 0 unspecified atom stereocenters. The molecular formula is C12H9F3N4OS2. The summed E-state index contributed by atoms with van der Waals surface area (Å²) in [6.07, 6.45) is -4.41. The molecule has 0 saturated heterocycles. The summed E-state index contributed by atoms with van der Waals surface area (Å²) in [5.41, 5.74) is 0.908. The number of halogens is 3. The average molecular weight is 346 g/mol. The summed E-state index contributed by atoms with van der Waals surface area (Å²) in [6.45, 7) is -1.33. The quantitative estimate of drug-likeness (QED) is 0.738. The van der Waals surface area contributed by atoms with Crippen molar-refractivity contribution in [2.75, 3.05) is 12.3 Å². The lowest BCUT2D eigenvalue weighted by Crippen LogP contribution is -2.34. The molecule has 0 bridgehead atoms. The molecule has 2 aromatic heterocycles. The van der Waals surface area contributed by atoms with Gasteiger partial charge in [-0.25, -0.2) is 0 Å². The molecule has 116 valence electrons. The number of carbonyl (C=O) groups excluding carboxylic acids is 1. The number of hydrogen-bond donors (Lipinski definition) is 1. The van der Waals surface area contributed by atoms with Crippen molar-refractivity contribution < 1.29 is 18.0 Å². The number of benzene rings is 1. The van der Waals surface area contributed by atoms with Crippen LogP contribution in [0.5, 0.6) is 0 Å². The van der Waals surface area contributed by atoms with Crippen molar-refractivity contribution in [1.29, 1.82) is 0 Å². The second-order valence-corrected chi connectivity index (χ2v) is 6.30. The van der Waals surface area contributed by atoms with Crippen LogP contribution in [0.15, 0.2) is 29.4 Å². The summed E-state index contributed by atoms with van der Waals surface area (Å²) in [5.74, 6) is -0.847. The van der Waals surface area contributed by atoms with Gasteiger partial charge in [0, 0.05) is 0 Å². The van der Waals surface area contributed by atoms with E-state index in [0.717, 1.165) is 22.0 Å². The van der Waals surface area contributed by atoms with Crippen molar-refractivity contribution in [1.82, 2.24) is 19.9 Å². The molecule has 0 aliphatic heterocycles. The molecule has 22 heavy (non-hydrogen) atoms. The van der Waals surface area contributed by atoms with Gasteiger partial charge in [0.2, 0.25) is 10.9 Å². The van der Waals surface area contributed by atoms with Crippen LogP contribution in [-0.2, 0) is 4.79 Å². The predicted molar refractivity (Wildman–Crippen MR) is 78.2 cm³/mol. The van der Waals surface area contributed by atoms with E-state index in [1.165, 1.54) is 11.3 Å². The summed E-state index contributed by atoms with van der Waals surface area (Å²) in [4.78, 5) is 12.1. The van der Waals surface area contributed by atoms with Crippen LogP contribution >= 0.6 is 23.1 Å². The van der Waals surface area contributed by atoms with Gasteiger partial charge in [0.1, 0.15) is 6.54 Å². The molecule has 1 amide bonds. The van der Waals surface area contributed by atoms with E-state index in [0.29, 0.717) is 10.1 Å². The number of para-hydroxylation sites is 1. The molecule has 0 spiro atoms. The number of hydrogen-bond acceptors (Lipinski definition) is 5. The number of nitrogens with zero attached hydrogens (tertiary/aromatic N) is 3. The molecule has 0 aliphatic rings. The molecule has 0 fully saturated rings. The standard InChI is InChI=1S/C12H9F3N4OS2/c13-12(14,15)6-16-9(20)5-21-10-17-18-11-19(10)7-3-1-2-4-8(7)22-11/h1-4H,5-6H2,(H,16,20). The molecule has 0 radical (unpaired) electrons. The first-order valence-corrected chi connectivity index (χ1v) is 7.93. The van der Waals surface area contributed by atoms with Gasteiger partial charge in [-0.15, -0.1) is 10.2 Å². The Bertz CT molecular complexity index is 827. The summed E-state index contributed by atoms with van der Waals surface area (Å²) in [6, 6.07) is 7.62. The van der Waals surface area contributed by atoms with Crippen molar-refractivity contribution in [2.24, 2.45) is 0 Å². The smallest absolute Gasteiger partial charge is 0.346 e. The topological polar surface area (TPSA) is 59.3 Å². The van der Waals surface area contributed by atoms with Gasteiger partial charge >= 0.3 is 6.18 Å². The van der Waals surface area contributed by atoms with E-state index in [-0.39, 0.29) is 5.75 Å². The number of nitrogens with one attached hydrogen (secondary N) is 1. The van der Waals surface area contributed by atoms with Crippen LogP contribution in [0.4, 0.5) is 13.2 Å². The average Bonchev–Trinajstić information content (AvgIpc) is 3.01. The number of aromatic nitrogens is 3. The Labute approximate surface area is 130 Å². The number of carbonyl (C=O) groups is 1. The zero-order valence-electron chi connectivity index (χ0n) is 10.9. The molecule has 0 atom stereocenters. The molecule has 2 heterocycles. The maximum absolute atomic E-state index is 12.0. The molecule has 3 rings (SSSR count). The highest BCUT2D eigenvalue weighted by Gasteiger charge is 2.27. The van der Waals surface area contributed by atoms with E-state index >= 15 is 0 Å². The highest BCUT2D eigenvalue weighted by atomic mass is 32.2. The highest BCUT2D eigenvalue weighted by Crippen LogP contribution is 2.29. The fourth-order valence-corrected chi connectivity index (χ4v) is 3.63. The molecule has 0 saturated carbocycles. The third-order valence-electron chi connectivity index (χ3n) is 2.73. The lowest BCUT2D eigenvalue weighted by Gasteiger charge is -2.07. The Morgan fingerprint density at radius 2 is 2.09 bits per heavy atom. The van der Waals surface area contributed by atoms with Crippen LogP contribution in [0.3, 0.4) is 0 Å². The Balaban J connectivity index is 1.73. The number of rotatable bonds is 4. The minimum Gasteiger partial charge on any atom is -0.346 e. The minimum atomic E-state index is -4.41. The van der Waals surface area contributed by atoms with Gasteiger partial charge in [0.25, 0.3) is 0 Å². The number of thiazole rings is 1. The first-order chi connectivity index (χ1) is 10.4. The monoisotopic (exact) mass is 346 g/mol. The lowest BCUT2D eigenvalue weighted by atomic mass is 10.3. The number of fused-ring (bicyclic) bond motifs is 3. The Kier molecular flexibility index (Phi) is 3.96. The fraction of sp³-hybridized carbons (Fsp3) is 0.250. The first kappa shape index (κ1) is 15.1. The largest absolute Gasteiger partial charge is 0.405 e. The zero-order valence-corrected chi connectivity index (χ0v) is 12.6. The molecule has 3 aromatic rings. The van der Waals surface area contributed by atoms with E-state index in [2.05, 4.69) is 10.2 Å². The van der Waals surface area contributed by atoms with Gasteiger partial charge in [-0.05, 0) is 12.1 Å². The zero-order chi connectivity index (χ0) is 15.7. The van der Waals surface area contributed by atoms with E-state index < -0.39 is 18.6 Å². The molecule has 1 aromatic carbocycles. The van der Waals surface area contributed by atoms with Crippen LogP contribution in [0.25, 0.3) is 15.2 Å². The predicted octanol–water partition coefficient (Wildman–Crippen LogP) is 2.71. The van der Waals surface area contributed by atoms with Crippen molar-refractivity contribution in [3.63, 3.8) is 0 Å². The molecule has 1 N–H and O–H groups in total. The van der Waals surface area contributed by atoms with Gasteiger partial charge in [0.05, 0.1) is 16.0 Å². The minimum absolute atomic E-state index is 0.152. The molecule has 0 aliphatic carbocycles. The summed E-state index contributed by atoms with van der Waals surface area (Å²) >= 11 is 2.51. The Morgan fingerprint density at radius 3 is 2.86 bits per heavy atom. The third kappa shape index (κ3) is 3.17. The van der Waals surface area contributed by atoms with Crippen LogP contribution in [0.1, 0.15) is 0 Å². The van der Waals surface area contributed by atoms with Crippen molar-refractivity contribution in [2.45, 2.75) is 11.3 Å². The van der Waals surface area contributed by atoms with Crippen LogP contribution in [0, 0.1) is 0 Å². The van der Waals surface area contributed by atoms with Crippen LogP contribution < -0.4 is 5.32 Å². The van der Waals surface area contributed by atoms with Crippen molar-refractivity contribution >= 4 is 44.2 Å². The second-order valence-electron chi connectivity index (χ2n) is 4.35. The van der Waals surface area contributed by atoms with Gasteiger partial charge in [-0.2, -0.15) is 13.2 Å². The molecule has 10 heteroatoms.